The Balaban J connectivity index is 0.00000200. The molecular weight excluding hydrogens is 280 g/mol. The van der Waals surface area contributed by atoms with Crippen molar-refractivity contribution in [2.24, 2.45) is 5.73 Å². The van der Waals surface area contributed by atoms with Gasteiger partial charge in [0.2, 0.25) is 11.8 Å². The molecule has 1 unspecified atom stereocenters. The molecule has 1 heterocycles. The molecule has 1 aromatic rings. The highest BCUT2D eigenvalue weighted by Gasteiger charge is 2.23. The molecule has 0 aliphatic heterocycles. The highest BCUT2D eigenvalue weighted by Crippen LogP contribution is 2.31. The molecule has 0 aromatic carbocycles. The van der Waals surface area contributed by atoms with E-state index >= 15 is 0 Å². The lowest BCUT2D eigenvalue weighted by Crippen LogP contribution is -2.39. The fourth-order valence-corrected chi connectivity index (χ4v) is 2.36. The monoisotopic (exact) mass is 302 g/mol. The average Bonchev–Trinajstić information content (AvgIpc) is 2.89. The van der Waals surface area contributed by atoms with E-state index in [1.54, 1.807) is 6.92 Å². The largest absolute Gasteiger partial charge is 0.343 e. The minimum atomic E-state index is -0.539. The van der Waals surface area contributed by atoms with Gasteiger partial charge in [0, 0.05) is 5.92 Å². The molecule has 0 spiro atoms. The molecule has 1 saturated carbocycles. The zero-order chi connectivity index (χ0) is 13.8. The molecule has 1 aliphatic rings. The van der Waals surface area contributed by atoms with Gasteiger partial charge in [0.15, 0.2) is 5.82 Å². The van der Waals surface area contributed by atoms with Crippen molar-refractivity contribution >= 4 is 18.3 Å². The minimum absolute atomic E-state index is 0. The van der Waals surface area contributed by atoms with Gasteiger partial charge in [-0.1, -0.05) is 24.4 Å². The van der Waals surface area contributed by atoms with Crippen LogP contribution in [-0.2, 0) is 4.79 Å². The lowest BCUT2D eigenvalue weighted by Gasteiger charge is -2.17. The maximum atomic E-state index is 11.5. The van der Waals surface area contributed by atoms with Crippen molar-refractivity contribution in [3.8, 4) is 0 Å². The number of carbonyl (C=O) groups excluding carboxylic acids is 1. The summed E-state index contributed by atoms with van der Waals surface area (Å²) in [5, 5.41) is 6.80. The van der Waals surface area contributed by atoms with Crippen molar-refractivity contribution in [3.63, 3.8) is 0 Å². The minimum Gasteiger partial charge on any atom is -0.343 e. The molecule has 0 saturated heterocycles. The summed E-state index contributed by atoms with van der Waals surface area (Å²) in [6.45, 7) is 3.46. The molecule has 20 heavy (non-hydrogen) atoms. The van der Waals surface area contributed by atoms with Gasteiger partial charge in [0.25, 0.3) is 0 Å². The normalized spacial score (nSPS) is 18.9. The predicted octanol–water partition coefficient (Wildman–Crippen LogP) is 2.06. The summed E-state index contributed by atoms with van der Waals surface area (Å²) in [5.74, 6) is 1.42. The lowest BCUT2D eigenvalue weighted by molar-refractivity contribution is -0.122. The molecule has 2 atom stereocenters. The molecule has 0 radical (unpaired) electrons. The van der Waals surface area contributed by atoms with Gasteiger partial charge in [0.1, 0.15) is 6.04 Å². The van der Waals surface area contributed by atoms with Crippen LogP contribution in [0.2, 0.25) is 0 Å². The van der Waals surface area contributed by atoms with Crippen LogP contribution >= 0.6 is 12.4 Å². The number of carbonyl (C=O) groups is 1. The zero-order valence-corrected chi connectivity index (χ0v) is 12.8. The number of nitrogens with zero attached hydrogens (tertiary/aromatic N) is 2. The summed E-state index contributed by atoms with van der Waals surface area (Å²) in [6.07, 6.45) is 6.00. The van der Waals surface area contributed by atoms with Gasteiger partial charge in [-0.05, 0) is 26.7 Å². The van der Waals surface area contributed by atoms with Crippen LogP contribution in [0, 0.1) is 0 Å². The first-order valence-corrected chi connectivity index (χ1v) is 6.97. The van der Waals surface area contributed by atoms with E-state index in [0.29, 0.717) is 11.8 Å². The van der Waals surface area contributed by atoms with Crippen LogP contribution in [0.25, 0.3) is 0 Å². The van der Waals surface area contributed by atoms with Crippen molar-refractivity contribution in [1.29, 1.82) is 0 Å². The first-order chi connectivity index (χ1) is 9.08. The van der Waals surface area contributed by atoms with Crippen LogP contribution in [0.15, 0.2) is 4.52 Å². The zero-order valence-electron chi connectivity index (χ0n) is 12.0. The SMILES string of the molecule is CC(NC(=O)[C@@H](C)N)c1nc(C2CCCCC2)no1.Cl. The summed E-state index contributed by atoms with van der Waals surface area (Å²) in [6, 6.07) is -0.841. The maximum Gasteiger partial charge on any atom is 0.248 e. The number of nitrogens with two attached hydrogens (primary N) is 1. The van der Waals surface area contributed by atoms with Crippen molar-refractivity contribution in [2.45, 2.75) is 64.0 Å². The Kier molecular flexibility index (Phi) is 6.42. The van der Waals surface area contributed by atoms with E-state index in [9.17, 15) is 4.79 Å². The highest BCUT2D eigenvalue weighted by atomic mass is 35.5. The number of amides is 1. The predicted molar refractivity (Wildman–Crippen MR) is 77.6 cm³/mol. The van der Waals surface area contributed by atoms with Crippen molar-refractivity contribution in [2.75, 3.05) is 0 Å². The van der Waals surface area contributed by atoms with E-state index in [1.807, 2.05) is 6.92 Å². The molecule has 0 bridgehead atoms. The van der Waals surface area contributed by atoms with Gasteiger partial charge in [-0.2, -0.15) is 4.98 Å². The number of nitrogens with one attached hydrogen (secondary N) is 1. The van der Waals surface area contributed by atoms with E-state index in [4.69, 9.17) is 10.3 Å². The second-order valence-electron chi connectivity index (χ2n) is 5.34. The third-order valence-corrected chi connectivity index (χ3v) is 3.57. The van der Waals surface area contributed by atoms with Gasteiger partial charge < -0.3 is 15.6 Å². The van der Waals surface area contributed by atoms with Crippen LogP contribution in [0.5, 0.6) is 0 Å². The third kappa shape index (κ3) is 4.18. The highest BCUT2D eigenvalue weighted by molar-refractivity contribution is 5.85. The summed E-state index contributed by atoms with van der Waals surface area (Å²) in [5.41, 5.74) is 5.51. The third-order valence-electron chi connectivity index (χ3n) is 3.57. The van der Waals surface area contributed by atoms with E-state index in [2.05, 4.69) is 15.5 Å². The molecule has 1 fully saturated rings. The molecule has 7 heteroatoms. The fraction of sp³-hybridized carbons (Fsp3) is 0.769. The van der Waals surface area contributed by atoms with Crippen molar-refractivity contribution in [3.05, 3.63) is 11.7 Å². The number of aromatic nitrogens is 2. The molecule has 114 valence electrons. The van der Waals surface area contributed by atoms with Crippen LogP contribution in [-0.4, -0.2) is 22.1 Å². The Morgan fingerprint density at radius 1 is 1.35 bits per heavy atom. The van der Waals surface area contributed by atoms with Gasteiger partial charge in [-0.15, -0.1) is 12.4 Å². The molecular formula is C13H23ClN4O2. The topological polar surface area (TPSA) is 94.0 Å². The quantitative estimate of drug-likeness (QED) is 0.888. The molecule has 1 amide bonds. The molecule has 6 nitrogen and oxygen atoms in total. The van der Waals surface area contributed by atoms with Crippen molar-refractivity contribution < 1.29 is 9.32 Å². The maximum absolute atomic E-state index is 11.5. The van der Waals surface area contributed by atoms with E-state index < -0.39 is 6.04 Å². The van der Waals surface area contributed by atoms with Crippen LogP contribution < -0.4 is 11.1 Å². The van der Waals surface area contributed by atoms with Gasteiger partial charge in [-0.3, -0.25) is 4.79 Å². The van der Waals surface area contributed by atoms with Gasteiger partial charge in [-0.25, -0.2) is 0 Å². The summed E-state index contributed by atoms with van der Waals surface area (Å²) in [7, 11) is 0. The molecule has 1 aliphatic carbocycles. The van der Waals surface area contributed by atoms with E-state index in [-0.39, 0.29) is 24.4 Å². The van der Waals surface area contributed by atoms with Crippen molar-refractivity contribution in [1.82, 2.24) is 15.5 Å². The number of hydrogen-bond acceptors (Lipinski definition) is 5. The first kappa shape index (κ1) is 16.9. The lowest BCUT2D eigenvalue weighted by atomic mass is 9.89. The first-order valence-electron chi connectivity index (χ1n) is 6.97. The number of halogens is 1. The standard InChI is InChI=1S/C13H22N4O2.ClH/c1-8(14)12(18)15-9(2)13-16-11(17-19-13)10-6-4-3-5-7-10;/h8-10H,3-7,14H2,1-2H3,(H,15,18);1H/t8-,9?;/m1./s1. The summed E-state index contributed by atoms with van der Waals surface area (Å²) in [4.78, 5) is 15.9. The second kappa shape index (κ2) is 7.59. The summed E-state index contributed by atoms with van der Waals surface area (Å²) < 4.78 is 5.24. The van der Waals surface area contributed by atoms with Crippen LogP contribution in [0.1, 0.15) is 69.6 Å². The average molecular weight is 303 g/mol. The van der Waals surface area contributed by atoms with Crippen LogP contribution in [0.3, 0.4) is 0 Å². The Morgan fingerprint density at radius 3 is 2.60 bits per heavy atom. The Labute approximate surface area is 125 Å². The van der Waals surface area contributed by atoms with Gasteiger partial charge in [0.05, 0.1) is 6.04 Å². The molecule has 3 N–H and O–H groups in total. The smallest absolute Gasteiger partial charge is 0.248 e. The van der Waals surface area contributed by atoms with Gasteiger partial charge >= 0.3 is 0 Å². The van der Waals surface area contributed by atoms with E-state index in [0.717, 1.165) is 18.7 Å². The Bertz CT molecular complexity index is 430. The molecule has 2 rings (SSSR count). The number of rotatable bonds is 4. The van der Waals surface area contributed by atoms with E-state index in [1.165, 1.54) is 19.3 Å². The fourth-order valence-electron chi connectivity index (χ4n) is 2.36. The Hall–Kier alpha value is -1.14. The molecule has 1 aromatic heterocycles. The van der Waals surface area contributed by atoms with Crippen LogP contribution in [0.4, 0.5) is 0 Å². The Morgan fingerprint density at radius 2 is 2.00 bits per heavy atom. The summed E-state index contributed by atoms with van der Waals surface area (Å²) >= 11 is 0. The number of hydrogen-bond donors (Lipinski definition) is 2. The second-order valence-corrected chi connectivity index (χ2v) is 5.34.